The summed E-state index contributed by atoms with van der Waals surface area (Å²) in [5.74, 6) is -1.59. The SMILES string of the molecule is CCOC(=O)C(C)=C=C(CC)C(=O)O. The molecule has 0 bridgehead atoms. The summed E-state index contributed by atoms with van der Waals surface area (Å²) in [6.07, 6.45) is 0.325. The standard InChI is InChI=1S/C10H14O4/c1-4-8(9(11)12)6-7(3)10(13)14-5-2/h4-5H2,1-3H3,(H,11,12). The van der Waals surface area contributed by atoms with Crippen LogP contribution in [0, 0.1) is 0 Å². The van der Waals surface area contributed by atoms with Crippen LogP contribution < -0.4 is 0 Å². The smallest absolute Gasteiger partial charge is 0.341 e. The van der Waals surface area contributed by atoms with Gasteiger partial charge in [0.05, 0.1) is 17.8 Å². The highest BCUT2D eigenvalue weighted by Crippen LogP contribution is 2.02. The van der Waals surface area contributed by atoms with Crippen LogP contribution in [-0.4, -0.2) is 23.7 Å². The minimum Gasteiger partial charge on any atom is -0.477 e. The minimum atomic E-state index is -1.06. The van der Waals surface area contributed by atoms with E-state index in [0.29, 0.717) is 6.42 Å². The molecule has 0 fully saturated rings. The predicted molar refractivity (Wildman–Crippen MR) is 50.8 cm³/mol. The Morgan fingerprint density at radius 2 is 1.93 bits per heavy atom. The van der Waals surface area contributed by atoms with Gasteiger partial charge in [0.15, 0.2) is 0 Å². The number of carbonyl (C=O) groups is 2. The Hall–Kier alpha value is -1.54. The zero-order valence-electron chi connectivity index (χ0n) is 8.59. The lowest BCUT2D eigenvalue weighted by Gasteiger charge is -1.98. The maximum absolute atomic E-state index is 11.1. The van der Waals surface area contributed by atoms with Gasteiger partial charge >= 0.3 is 11.9 Å². The first kappa shape index (κ1) is 12.5. The zero-order valence-corrected chi connectivity index (χ0v) is 8.59. The average molecular weight is 198 g/mol. The number of rotatable bonds is 4. The number of hydrogen-bond acceptors (Lipinski definition) is 3. The summed E-state index contributed by atoms with van der Waals surface area (Å²) >= 11 is 0. The third kappa shape index (κ3) is 3.92. The van der Waals surface area contributed by atoms with E-state index in [-0.39, 0.29) is 17.8 Å². The van der Waals surface area contributed by atoms with Crippen LogP contribution in [0.1, 0.15) is 27.2 Å². The second kappa shape index (κ2) is 6.00. The highest BCUT2D eigenvalue weighted by molar-refractivity contribution is 5.91. The van der Waals surface area contributed by atoms with Crippen LogP contribution in [0.5, 0.6) is 0 Å². The molecule has 0 rings (SSSR count). The summed E-state index contributed by atoms with van der Waals surface area (Å²) in [5, 5.41) is 8.67. The second-order valence-electron chi connectivity index (χ2n) is 2.61. The fourth-order valence-corrected chi connectivity index (χ4v) is 0.810. The Morgan fingerprint density at radius 1 is 1.36 bits per heavy atom. The molecule has 0 aromatic carbocycles. The van der Waals surface area contributed by atoms with Crippen molar-refractivity contribution in [3.05, 3.63) is 16.9 Å². The molecule has 0 aliphatic heterocycles. The lowest BCUT2D eigenvalue weighted by atomic mass is 10.2. The van der Waals surface area contributed by atoms with E-state index in [1.807, 2.05) is 0 Å². The van der Waals surface area contributed by atoms with Gasteiger partial charge in [0.2, 0.25) is 0 Å². The number of hydrogen-bond donors (Lipinski definition) is 1. The molecule has 0 heterocycles. The first-order valence-electron chi connectivity index (χ1n) is 4.39. The van der Waals surface area contributed by atoms with Crippen molar-refractivity contribution >= 4 is 11.9 Å². The van der Waals surface area contributed by atoms with E-state index in [1.54, 1.807) is 13.8 Å². The van der Waals surface area contributed by atoms with Crippen LogP contribution in [0.15, 0.2) is 16.9 Å². The summed E-state index contributed by atoms with van der Waals surface area (Å²) in [6, 6.07) is 0. The van der Waals surface area contributed by atoms with Crippen LogP contribution in [0.25, 0.3) is 0 Å². The summed E-state index contributed by atoms with van der Waals surface area (Å²) in [7, 11) is 0. The zero-order chi connectivity index (χ0) is 11.1. The van der Waals surface area contributed by atoms with Crippen molar-refractivity contribution in [1.29, 1.82) is 0 Å². The van der Waals surface area contributed by atoms with Gasteiger partial charge in [-0.1, -0.05) is 12.7 Å². The quantitative estimate of drug-likeness (QED) is 0.422. The molecule has 0 radical (unpaired) electrons. The van der Waals surface area contributed by atoms with Crippen molar-refractivity contribution in [1.82, 2.24) is 0 Å². The molecular formula is C10H14O4. The van der Waals surface area contributed by atoms with Gasteiger partial charge in [-0.3, -0.25) is 0 Å². The van der Waals surface area contributed by atoms with Gasteiger partial charge in [-0.2, -0.15) is 0 Å². The number of carboxylic acid groups (broad SMARTS) is 1. The van der Waals surface area contributed by atoms with E-state index in [0.717, 1.165) is 0 Å². The lowest BCUT2D eigenvalue weighted by molar-refractivity contribution is -0.138. The van der Waals surface area contributed by atoms with Crippen molar-refractivity contribution in [3.63, 3.8) is 0 Å². The lowest BCUT2D eigenvalue weighted by Crippen LogP contribution is -2.05. The predicted octanol–water partition coefficient (Wildman–Crippen LogP) is 1.52. The molecule has 1 N–H and O–H groups in total. The monoisotopic (exact) mass is 198 g/mol. The first-order valence-corrected chi connectivity index (χ1v) is 4.39. The Bertz CT molecular complexity index is 295. The first-order chi connectivity index (χ1) is 6.52. The molecule has 0 aliphatic carbocycles. The van der Waals surface area contributed by atoms with Gasteiger partial charge in [-0.05, 0) is 20.3 Å². The number of carbonyl (C=O) groups excluding carboxylic acids is 1. The van der Waals surface area contributed by atoms with Gasteiger partial charge in [-0.15, -0.1) is 0 Å². The highest BCUT2D eigenvalue weighted by atomic mass is 16.5. The topological polar surface area (TPSA) is 63.6 Å². The van der Waals surface area contributed by atoms with Crippen molar-refractivity contribution in [3.8, 4) is 0 Å². The third-order valence-corrected chi connectivity index (χ3v) is 1.53. The van der Waals surface area contributed by atoms with E-state index in [9.17, 15) is 9.59 Å². The number of ether oxygens (including phenoxy) is 1. The summed E-state index contributed by atoms with van der Waals surface area (Å²) < 4.78 is 4.68. The molecule has 0 aliphatic rings. The summed E-state index contributed by atoms with van der Waals surface area (Å²) in [5.41, 5.74) is 2.78. The molecule has 4 nitrogen and oxygen atoms in total. The van der Waals surface area contributed by atoms with E-state index >= 15 is 0 Å². The Kier molecular flexibility index (Phi) is 5.34. The highest BCUT2D eigenvalue weighted by Gasteiger charge is 2.07. The average Bonchev–Trinajstić information content (AvgIpc) is 2.13. The third-order valence-electron chi connectivity index (χ3n) is 1.53. The number of aliphatic carboxylic acids is 1. The molecule has 4 heteroatoms. The fourth-order valence-electron chi connectivity index (χ4n) is 0.810. The van der Waals surface area contributed by atoms with Gasteiger partial charge in [-0.25, -0.2) is 9.59 Å². The van der Waals surface area contributed by atoms with Crippen molar-refractivity contribution in [2.75, 3.05) is 6.61 Å². The van der Waals surface area contributed by atoms with E-state index in [4.69, 9.17) is 5.11 Å². The van der Waals surface area contributed by atoms with Crippen LogP contribution in [0.3, 0.4) is 0 Å². The van der Waals surface area contributed by atoms with Crippen LogP contribution in [-0.2, 0) is 14.3 Å². The van der Waals surface area contributed by atoms with Gasteiger partial charge in [0.25, 0.3) is 0 Å². The fraction of sp³-hybridized carbons (Fsp3) is 0.500. The Labute approximate surface area is 82.9 Å². The Balaban J connectivity index is 4.92. The molecule has 0 saturated heterocycles. The van der Waals surface area contributed by atoms with Crippen LogP contribution in [0.2, 0.25) is 0 Å². The van der Waals surface area contributed by atoms with Gasteiger partial charge in [0.1, 0.15) is 0 Å². The largest absolute Gasteiger partial charge is 0.477 e. The van der Waals surface area contributed by atoms with Crippen LogP contribution >= 0.6 is 0 Å². The van der Waals surface area contributed by atoms with Crippen molar-refractivity contribution in [2.45, 2.75) is 27.2 Å². The van der Waals surface area contributed by atoms with Crippen LogP contribution in [0.4, 0.5) is 0 Å². The summed E-state index contributed by atoms with van der Waals surface area (Å²) in [6.45, 7) is 5.13. The number of carboxylic acids is 1. The van der Waals surface area contributed by atoms with Crippen molar-refractivity contribution in [2.24, 2.45) is 0 Å². The molecule has 14 heavy (non-hydrogen) atoms. The second-order valence-corrected chi connectivity index (χ2v) is 2.61. The Morgan fingerprint density at radius 3 is 2.29 bits per heavy atom. The molecule has 0 saturated carbocycles. The normalized spacial score (nSPS) is 8.79. The molecule has 0 aromatic rings. The van der Waals surface area contributed by atoms with E-state index in [1.165, 1.54) is 6.92 Å². The molecule has 78 valence electrons. The molecule has 0 unspecified atom stereocenters. The van der Waals surface area contributed by atoms with E-state index < -0.39 is 11.9 Å². The van der Waals surface area contributed by atoms with Gasteiger partial charge < -0.3 is 9.84 Å². The molecule has 0 amide bonds. The van der Waals surface area contributed by atoms with Gasteiger partial charge in [0, 0.05) is 0 Å². The number of esters is 1. The molecule has 0 spiro atoms. The maximum Gasteiger partial charge on any atom is 0.341 e. The van der Waals surface area contributed by atoms with E-state index in [2.05, 4.69) is 10.5 Å². The summed E-state index contributed by atoms with van der Waals surface area (Å²) in [4.78, 5) is 21.7. The molecule has 0 aromatic heterocycles. The molecular weight excluding hydrogens is 184 g/mol. The van der Waals surface area contributed by atoms with Crippen molar-refractivity contribution < 1.29 is 19.4 Å². The minimum absolute atomic E-state index is 0.0792. The maximum atomic E-state index is 11.1. The molecule has 0 atom stereocenters.